The van der Waals surface area contributed by atoms with E-state index in [1.165, 1.54) is 0 Å². The number of amides is 1. The number of piperazine rings is 1. The lowest BCUT2D eigenvalue weighted by Gasteiger charge is -2.37. The first-order valence-corrected chi connectivity index (χ1v) is 7.29. The molecule has 1 atom stereocenters. The lowest BCUT2D eigenvalue weighted by Crippen LogP contribution is -2.50. The molecule has 1 aromatic rings. The molecule has 1 saturated heterocycles. The van der Waals surface area contributed by atoms with Crippen molar-refractivity contribution in [1.82, 2.24) is 4.90 Å². The van der Waals surface area contributed by atoms with Crippen LogP contribution < -0.4 is 4.90 Å². The summed E-state index contributed by atoms with van der Waals surface area (Å²) in [4.78, 5) is 16.4. The normalized spacial score (nSPS) is 17.4. The maximum atomic E-state index is 12.1. The Kier molecular flexibility index (Phi) is 4.70. The molecule has 0 N–H and O–H groups in total. The standard InChI is InChI=1S/C15H21ClN2O/c1-3-12(2)15(19)18-9-7-17(8-10-18)14-6-4-5-13(16)11-14/h4-6,11-12H,3,7-10H2,1-2H3/t12-/m0/s1. The Morgan fingerprint density at radius 3 is 2.58 bits per heavy atom. The molecular weight excluding hydrogens is 260 g/mol. The average Bonchev–Trinajstić information content (AvgIpc) is 2.46. The van der Waals surface area contributed by atoms with Gasteiger partial charge in [-0.3, -0.25) is 4.79 Å². The van der Waals surface area contributed by atoms with Gasteiger partial charge in [0.2, 0.25) is 5.91 Å². The van der Waals surface area contributed by atoms with E-state index >= 15 is 0 Å². The highest BCUT2D eigenvalue weighted by Crippen LogP contribution is 2.21. The maximum absolute atomic E-state index is 12.1. The molecule has 0 aromatic heterocycles. The molecule has 1 aliphatic heterocycles. The summed E-state index contributed by atoms with van der Waals surface area (Å²) < 4.78 is 0. The molecule has 0 unspecified atom stereocenters. The Balaban J connectivity index is 1.94. The van der Waals surface area contributed by atoms with Gasteiger partial charge in [-0.2, -0.15) is 0 Å². The van der Waals surface area contributed by atoms with Crippen molar-refractivity contribution in [2.24, 2.45) is 5.92 Å². The molecule has 0 spiro atoms. The number of carbonyl (C=O) groups is 1. The molecule has 1 aromatic carbocycles. The molecular formula is C15H21ClN2O. The van der Waals surface area contributed by atoms with Gasteiger partial charge in [-0.05, 0) is 24.6 Å². The first-order chi connectivity index (χ1) is 9.11. The highest BCUT2D eigenvalue weighted by Gasteiger charge is 2.24. The van der Waals surface area contributed by atoms with Crippen LogP contribution in [0.15, 0.2) is 24.3 Å². The number of halogens is 1. The van der Waals surface area contributed by atoms with Crippen molar-refractivity contribution in [3.05, 3.63) is 29.3 Å². The van der Waals surface area contributed by atoms with Crippen LogP contribution in [0, 0.1) is 5.92 Å². The molecule has 0 aliphatic carbocycles. The molecule has 1 amide bonds. The van der Waals surface area contributed by atoms with Crippen LogP contribution in [0.5, 0.6) is 0 Å². The number of hydrogen-bond acceptors (Lipinski definition) is 2. The number of anilines is 1. The minimum atomic E-state index is 0.137. The largest absolute Gasteiger partial charge is 0.368 e. The predicted molar refractivity (Wildman–Crippen MR) is 79.7 cm³/mol. The van der Waals surface area contributed by atoms with Crippen molar-refractivity contribution < 1.29 is 4.79 Å². The molecule has 104 valence electrons. The van der Waals surface area contributed by atoms with E-state index in [4.69, 9.17) is 11.6 Å². The van der Waals surface area contributed by atoms with E-state index in [0.717, 1.165) is 43.3 Å². The van der Waals surface area contributed by atoms with E-state index in [1.807, 2.05) is 30.0 Å². The van der Waals surface area contributed by atoms with Gasteiger partial charge in [0.1, 0.15) is 0 Å². The molecule has 19 heavy (non-hydrogen) atoms. The second-order valence-electron chi connectivity index (χ2n) is 5.10. The summed E-state index contributed by atoms with van der Waals surface area (Å²) in [7, 11) is 0. The van der Waals surface area contributed by atoms with Gasteiger partial charge < -0.3 is 9.80 Å². The topological polar surface area (TPSA) is 23.6 Å². The van der Waals surface area contributed by atoms with E-state index in [1.54, 1.807) is 0 Å². The van der Waals surface area contributed by atoms with Crippen molar-refractivity contribution >= 4 is 23.2 Å². The Morgan fingerprint density at radius 2 is 2.00 bits per heavy atom. The molecule has 2 rings (SSSR count). The zero-order valence-electron chi connectivity index (χ0n) is 11.6. The molecule has 0 radical (unpaired) electrons. The Morgan fingerprint density at radius 1 is 1.32 bits per heavy atom. The van der Waals surface area contributed by atoms with E-state index in [9.17, 15) is 4.79 Å². The van der Waals surface area contributed by atoms with Crippen LogP contribution in [-0.4, -0.2) is 37.0 Å². The third kappa shape index (κ3) is 3.41. The van der Waals surface area contributed by atoms with Gasteiger partial charge in [-0.25, -0.2) is 0 Å². The quantitative estimate of drug-likeness (QED) is 0.850. The SMILES string of the molecule is CC[C@H](C)C(=O)N1CCN(c2cccc(Cl)c2)CC1. The predicted octanol–water partition coefficient (Wildman–Crippen LogP) is 3.03. The van der Waals surface area contributed by atoms with E-state index in [2.05, 4.69) is 17.9 Å². The number of rotatable bonds is 3. The molecule has 1 fully saturated rings. The fourth-order valence-electron chi connectivity index (χ4n) is 2.34. The molecule has 3 nitrogen and oxygen atoms in total. The van der Waals surface area contributed by atoms with Gasteiger partial charge >= 0.3 is 0 Å². The Bertz CT molecular complexity index is 442. The van der Waals surface area contributed by atoms with Crippen LogP contribution in [0.4, 0.5) is 5.69 Å². The summed E-state index contributed by atoms with van der Waals surface area (Å²) in [6.07, 6.45) is 0.910. The number of nitrogens with zero attached hydrogens (tertiary/aromatic N) is 2. The van der Waals surface area contributed by atoms with Crippen LogP contribution in [0.25, 0.3) is 0 Å². The van der Waals surface area contributed by atoms with Crippen molar-refractivity contribution in [2.75, 3.05) is 31.1 Å². The van der Waals surface area contributed by atoms with Crippen molar-refractivity contribution in [3.63, 3.8) is 0 Å². The molecule has 1 heterocycles. The molecule has 4 heteroatoms. The highest BCUT2D eigenvalue weighted by molar-refractivity contribution is 6.30. The molecule has 1 aliphatic rings. The van der Waals surface area contributed by atoms with Gasteiger partial charge in [0, 0.05) is 42.8 Å². The molecule has 0 saturated carbocycles. The van der Waals surface area contributed by atoms with Crippen LogP contribution >= 0.6 is 11.6 Å². The monoisotopic (exact) mass is 280 g/mol. The minimum absolute atomic E-state index is 0.137. The van der Waals surface area contributed by atoms with Crippen LogP contribution in [0.1, 0.15) is 20.3 Å². The summed E-state index contributed by atoms with van der Waals surface area (Å²) in [6.45, 7) is 7.42. The van der Waals surface area contributed by atoms with Gasteiger partial charge in [-0.1, -0.05) is 31.5 Å². The highest BCUT2D eigenvalue weighted by atomic mass is 35.5. The average molecular weight is 281 g/mol. The van der Waals surface area contributed by atoms with Crippen LogP contribution in [0.2, 0.25) is 5.02 Å². The summed E-state index contributed by atoms with van der Waals surface area (Å²) in [5.41, 5.74) is 1.14. The summed E-state index contributed by atoms with van der Waals surface area (Å²) in [5.74, 6) is 0.422. The van der Waals surface area contributed by atoms with E-state index < -0.39 is 0 Å². The summed E-state index contributed by atoms with van der Waals surface area (Å²) in [6, 6.07) is 7.90. The van der Waals surface area contributed by atoms with Crippen molar-refractivity contribution in [2.45, 2.75) is 20.3 Å². The first kappa shape index (κ1) is 14.2. The fourth-order valence-corrected chi connectivity index (χ4v) is 2.53. The van der Waals surface area contributed by atoms with Gasteiger partial charge in [0.05, 0.1) is 0 Å². The van der Waals surface area contributed by atoms with E-state index in [-0.39, 0.29) is 11.8 Å². The third-order valence-corrected chi connectivity index (χ3v) is 4.03. The second kappa shape index (κ2) is 6.29. The van der Waals surface area contributed by atoms with Crippen molar-refractivity contribution in [1.29, 1.82) is 0 Å². The minimum Gasteiger partial charge on any atom is -0.368 e. The Labute approximate surface area is 120 Å². The summed E-state index contributed by atoms with van der Waals surface area (Å²) in [5, 5.41) is 0.760. The van der Waals surface area contributed by atoms with Gasteiger partial charge in [0.25, 0.3) is 0 Å². The smallest absolute Gasteiger partial charge is 0.225 e. The molecule has 0 bridgehead atoms. The van der Waals surface area contributed by atoms with Gasteiger partial charge in [-0.15, -0.1) is 0 Å². The zero-order valence-corrected chi connectivity index (χ0v) is 12.4. The van der Waals surface area contributed by atoms with Crippen LogP contribution in [0.3, 0.4) is 0 Å². The maximum Gasteiger partial charge on any atom is 0.225 e. The third-order valence-electron chi connectivity index (χ3n) is 3.80. The number of carbonyl (C=O) groups excluding carboxylic acids is 1. The number of hydrogen-bond donors (Lipinski definition) is 0. The van der Waals surface area contributed by atoms with Gasteiger partial charge in [0.15, 0.2) is 0 Å². The Hall–Kier alpha value is -1.22. The zero-order chi connectivity index (χ0) is 13.8. The van der Waals surface area contributed by atoms with Crippen molar-refractivity contribution in [3.8, 4) is 0 Å². The number of benzene rings is 1. The lowest BCUT2D eigenvalue weighted by molar-refractivity contribution is -0.135. The fraction of sp³-hybridized carbons (Fsp3) is 0.533. The summed E-state index contributed by atoms with van der Waals surface area (Å²) >= 11 is 6.01. The van der Waals surface area contributed by atoms with E-state index in [0.29, 0.717) is 0 Å². The lowest BCUT2D eigenvalue weighted by atomic mass is 10.1. The second-order valence-corrected chi connectivity index (χ2v) is 5.54. The van der Waals surface area contributed by atoms with Crippen LogP contribution in [-0.2, 0) is 4.79 Å². The first-order valence-electron chi connectivity index (χ1n) is 6.91.